The van der Waals surface area contributed by atoms with Gasteiger partial charge in [0.25, 0.3) is 0 Å². The molecule has 7 nitrogen and oxygen atoms in total. The average molecular weight is 393 g/mol. The van der Waals surface area contributed by atoms with Gasteiger partial charge in [0.2, 0.25) is 5.75 Å². The zero-order valence-electron chi connectivity index (χ0n) is 15.8. The molecule has 0 bridgehead atoms. The van der Waals surface area contributed by atoms with Crippen LogP contribution in [0.3, 0.4) is 0 Å². The van der Waals surface area contributed by atoms with Gasteiger partial charge >= 0.3 is 5.97 Å². The first-order valence-corrected chi connectivity index (χ1v) is 9.05. The molecule has 2 heterocycles. The topological polar surface area (TPSA) is 76.1 Å². The lowest BCUT2D eigenvalue weighted by Gasteiger charge is -2.21. The lowest BCUT2D eigenvalue weighted by atomic mass is 10.1. The summed E-state index contributed by atoms with van der Waals surface area (Å²) in [4.78, 5) is 16.6. The molecule has 0 amide bonds. The van der Waals surface area contributed by atoms with Crippen molar-refractivity contribution in [1.82, 2.24) is 4.98 Å². The van der Waals surface area contributed by atoms with E-state index in [2.05, 4.69) is 4.98 Å². The summed E-state index contributed by atoms with van der Waals surface area (Å²) in [5.74, 6) is 2.06. The van der Waals surface area contributed by atoms with Crippen molar-refractivity contribution in [2.24, 2.45) is 0 Å². The van der Waals surface area contributed by atoms with Gasteiger partial charge in [-0.25, -0.2) is 4.79 Å². The lowest BCUT2D eigenvalue weighted by molar-refractivity contribution is 0.0469. The van der Waals surface area contributed by atoms with Crippen LogP contribution < -0.4 is 18.9 Å². The second kappa shape index (κ2) is 8.52. The van der Waals surface area contributed by atoms with Crippen LogP contribution in [0, 0.1) is 0 Å². The van der Waals surface area contributed by atoms with E-state index in [1.54, 1.807) is 36.7 Å². The number of rotatable bonds is 6. The maximum Gasteiger partial charge on any atom is 0.338 e. The van der Waals surface area contributed by atoms with E-state index in [0.29, 0.717) is 47.5 Å². The number of hydrogen-bond acceptors (Lipinski definition) is 7. The minimum absolute atomic E-state index is 0.0476. The minimum Gasteiger partial charge on any atom is -0.493 e. The molecule has 7 heteroatoms. The number of methoxy groups -OCH3 is 1. The molecule has 0 saturated carbocycles. The SMILES string of the molecule is COc1cc(C(=O)OCc2ccccc2Oc2cccnc2)cc2c1OCCO2. The van der Waals surface area contributed by atoms with E-state index < -0.39 is 5.97 Å². The quantitative estimate of drug-likeness (QED) is 0.586. The highest BCUT2D eigenvalue weighted by atomic mass is 16.6. The van der Waals surface area contributed by atoms with E-state index >= 15 is 0 Å². The fraction of sp³-hybridized carbons (Fsp3) is 0.182. The summed E-state index contributed by atoms with van der Waals surface area (Å²) in [6, 6.07) is 14.1. The Morgan fingerprint density at radius 1 is 1.07 bits per heavy atom. The first-order valence-electron chi connectivity index (χ1n) is 9.05. The smallest absolute Gasteiger partial charge is 0.338 e. The van der Waals surface area contributed by atoms with Crippen LogP contribution in [0.5, 0.6) is 28.7 Å². The Kier molecular flexibility index (Phi) is 5.47. The van der Waals surface area contributed by atoms with Gasteiger partial charge in [-0.05, 0) is 30.3 Å². The molecule has 3 aromatic rings. The normalized spacial score (nSPS) is 12.2. The van der Waals surface area contributed by atoms with Gasteiger partial charge in [0.1, 0.15) is 31.3 Å². The number of para-hydroxylation sites is 1. The molecule has 4 rings (SSSR count). The van der Waals surface area contributed by atoms with Crippen molar-refractivity contribution in [2.45, 2.75) is 6.61 Å². The van der Waals surface area contributed by atoms with Crippen LogP contribution in [0.1, 0.15) is 15.9 Å². The third-order valence-corrected chi connectivity index (χ3v) is 4.26. The number of nitrogens with zero attached hydrogens (tertiary/aromatic N) is 1. The van der Waals surface area contributed by atoms with Gasteiger partial charge in [-0.3, -0.25) is 4.98 Å². The number of hydrogen-bond donors (Lipinski definition) is 0. The fourth-order valence-electron chi connectivity index (χ4n) is 2.87. The van der Waals surface area contributed by atoms with E-state index in [0.717, 1.165) is 5.56 Å². The predicted molar refractivity (Wildman–Crippen MR) is 104 cm³/mol. The zero-order valence-corrected chi connectivity index (χ0v) is 15.8. The predicted octanol–water partition coefficient (Wildman–Crippen LogP) is 4.01. The molecule has 1 aliphatic rings. The number of esters is 1. The molecule has 0 aliphatic carbocycles. The van der Waals surface area contributed by atoms with E-state index in [-0.39, 0.29) is 6.61 Å². The van der Waals surface area contributed by atoms with Crippen molar-refractivity contribution in [2.75, 3.05) is 20.3 Å². The second-order valence-electron chi connectivity index (χ2n) is 6.18. The molecular formula is C22H19NO6. The first kappa shape index (κ1) is 18.6. The summed E-state index contributed by atoms with van der Waals surface area (Å²) in [5, 5.41) is 0. The highest BCUT2D eigenvalue weighted by molar-refractivity contribution is 5.91. The molecule has 0 unspecified atom stereocenters. The highest BCUT2D eigenvalue weighted by Gasteiger charge is 2.21. The van der Waals surface area contributed by atoms with Crippen LogP contribution in [0.25, 0.3) is 0 Å². The van der Waals surface area contributed by atoms with Gasteiger partial charge in [0.15, 0.2) is 11.5 Å². The van der Waals surface area contributed by atoms with Crippen molar-refractivity contribution < 1.29 is 28.5 Å². The highest BCUT2D eigenvalue weighted by Crippen LogP contribution is 2.40. The first-order chi connectivity index (χ1) is 14.2. The van der Waals surface area contributed by atoms with E-state index in [1.165, 1.54) is 7.11 Å². The Hall–Kier alpha value is -3.74. The third kappa shape index (κ3) is 4.24. The molecule has 1 aliphatic heterocycles. The van der Waals surface area contributed by atoms with E-state index in [1.807, 2.05) is 24.3 Å². The molecule has 0 N–H and O–H groups in total. The molecule has 148 valence electrons. The number of benzene rings is 2. The molecule has 29 heavy (non-hydrogen) atoms. The molecule has 0 saturated heterocycles. The number of pyridine rings is 1. The van der Waals surface area contributed by atoms with Crippen molar-refractivity contribution in [1.29, 1.82) is 0 Å². The van der Waals surface area contributed by atoms with Crippen molar-refractivity contribution >= 4 is 5.97 Å². The van der Waals surface area contributed by atoms with Crippen LogP contribution in [0.15, 0.2) is 60.9 Å². The van der Waals surface area contributed by atoms with E-state index in [9.17, 15) is 4.79 Å². The molecule has 0 spiro atoms. The number of fused-ring (bicyclic) bond motifs is 1. The van der Waals surface area contributed by atoms with Gasteiger partial charge in [-0.2, -0.15) is 0 Å². The molecule has 0 fully saturated rings. The standard InChI is InChI=1S/C22H19NO6/c1-25-19-11-16(12-20-21(19)27-10-9-26-20)22(24)28-14-15-5-2-3-7-18(15)29-17-6-4-8-23-13-17/h2-8,11-13H,9-10,14H2,1H3. The summed E-state index contributed by atoms with van der Waals surface area (Å²) in [6.07, 6.45) is 3.28. The van der Waals surface area contributed by atoms with Crippen LogP contribution in [0.2, 0.25) is 0 Å². The van der Waals surface area contributed by atoms with Crippen LogP contribution in [0.4, 0.5) is 0 Å². The molecular weight excluding hydrogens is 374 g/mol. The number of ether oxygens (including phenoxy) is 5. The van der Waals surface area contributed by atoms with Gasteiger partial charge in [0.05, 0.1) is 18.9 Å². The minimum atomic E-state index is -0.503. The second-order valence-corrected chi connectivity index (χ2v) is 6.18. The summed E-state index contributed by atoms with van der Waals surface area (Å²) >= 11 is 0. The van der Waals surface area contributed by atoms with Crippen molar-refractivity contribution in [3.8, 4) is 28.7 Å². The van der Waals surface area contributed by atoms with Crippen LogP contribution >= 0.6 is 0 Å². The Balaban J connectivity index is 1.49. The van der Waals surface area contributed by atoms with Crippen LogP contribution in [-0.2, 0) is 11.3 Å². The van der Waals surface area contributed by atoms with Gasteiger partial charge in [-0.1, -0.05) is 18.2 Å². The largest absolute Gasteiger partial charge is 0.493 e. The molecule has 2 aromatic carbocycles. The molecule has 0 radical (unpaired) electrons. The van der Waals surface area contributed by atoms with E-state index in [4.69, 9.17) is 23.7 Å². The molecule has 0 atom stereocenters. The Morgan fingerprint density at radius 2 is 1.93 bits per heavy atom. The Labute approximate surface area is 167 Å². The maximum atomic E-state index is 12.6. The van der Waals surface area contributed by atoms with Gasteiger partial charge < -0.3 is 23.7 Å². The summed E-state index contributed by atoms with van der Waals surface area (Å²) in [7, 11) is 1.51. The summed E-state index contributed by atoms with van der Waals surface area (Å²) < 4.78 is 27.8. The lowest BCUT2D eigenvalue weighted by Crippen LogP contribution is -2.17. The number of carbonyl (C=O) groups is 1. The Morgan fingerprint density at radius 3 is 2.76 bits per heavy atom. The summed E-state index contributed by atoms with van der Waals surface area (Å²) in [6.45, 7) is 0.889. The molecule has 1 aromatic heterocycles. The van der Waals surface area contributed by atoms with Crippen molar-refractivity contribution in [3.63, 3.8) is 0 Å². The zero-order chi connectivity index (χ0) is 20.1. The third-order valence-electron chi connectivity index (χ3n) is 4.26. The van der Waals surface area contributed by atoms with Crippen LogP contribution in [-0.4, -0.2) is 31.3 Å². The summed E-state index contributed by atoms with van der Waals surface area (Å²) in [5.41, 5.74) is 1.05. The Bertz CT molecular complexity index is 988. The fourth-order valence-corrected chi connectivity index (χ4v) is 2.87. The monoisotopic (exact) mass is 393 g/mol. The number of carbonyl (C=O) groups excluding carboxylic acids is 1. The van der Waals surface area contributed by atoms with Crippen molar-refractivity contribution in [3.05, 3.63) is 72.1 Å². The maximum absolute atomic E-state index is 12.6. The van der Waals surface area contributed by atoms with Gasteiger partial charge in [0, 0.05) is 11.8 Å². The average Bonchev–Trinajstić information content (AvgIpc) is 2.78. The number of aromatic nitrogens is 1. The van der Waals surface area contributed by atoms with Gasteiger partial charge in [-0.15, -0.1) is 0 Å².